The molecule has 0 bridgehead atoms. The Hall–Kier alpha value is -3.40. The first-order valence-corrected chi connectivity index (χ1v) is 7.67. The fourth-order valence-corrected chi connectivity index (χ4v) is 2.71. The van der Waals surface area contributed by atoms with Gasteiger partial charge in [-0.3, -0.25) is 5.43 Å². The summed E-state index contributed by atoms with van der Waals surface area (Å²) in [5.41, 5.74) is 4.51. The Morgan fingerprint density at radius 3 is 2.50 bits per heavy atom. The molecule has 0 fully saturated rings. The minimum atomic E-state index is 0.200. The number of aromatic hydroxyl groups is 1. The first-order valence-electron chi connectivity index (χ1n) is 7.67. The number of nitrogens with zero attached hydrogens (tertiary/aromatic N) is 2. The largest absolute Gasteiger partial charge is 0.507 e. The summed E-state index contributed by atoms with van der Waals surface area (Å²) in [6.07, 6.45) is 1.62. The number of hydrogen-bond donors (Lipinski definition) is 2. The van der Waals surface area contributed by atoms with E-state index in [-0.39, 0.29) is 5.75 Å². The summed E-state index contributed by atoms with van der Waals surface area (Å²) in [5, 5.41) is 17.4. The zero-order valence-electron chi connectivity index (χ0n) is 12.8. The van der Waals surface area contributed by atoms with Crippen molar-refractivity contribution in [2.45, 2.75) is 0 Å². The van der Waals surface area contributed by atoms with Crippen LogP contribution >= 0.6 is 0 Å². The second-order valence-electron chi connectivity index (χ2n) is 5.48. The number of hydrazone groups is 1. The Kier molecular flexibility index (Phi) is 3.56. The molecule has 0 aliphatic heterocycles. The van der Waals surface area contributed by atoms with Gasteiger partial charge in [0.15, 0.2) is 0 Å². The molecule has 0 radical (unpaired) electrons. The molecule has 4 rings (SSSR count). The highest BCUT2D eigenvalue weighted by atomic mass is 16.3. The summed E-state index contributed by atoms with van der Waals surface area (Å²) in [6.45, 7) is 0. The minimum Gasteiger partial charge on any atom is -0.507 e. The van der Waals surface area contributed by atoms with Crippen molar-refractivity contribution in [1.29, 1.82) is 0 Å². The zero-order valence-corrected chi connectivity index (χ0v) is 12.8. The quantitative estimate of drug-likeness (QED) is 0.431. The number of benzene rings is 3. The number of para-hydroxylation sites is 1. The standard InChI is InChI=1S/C20H15N3O/c24-19-11-9-14-5-1-3-7-16(14)17(19)13-21-23-20-12-10-15-6-2-4-8-18(15)22-20/h1-13,24H,(H,22,23)/b21-13-. The van der Waals surface area contributed by atoms with Crippen LogP contribution in [0.25, 0.3) is 21.7 Å². The van der Waals surface area contributed by atoms with Crippen LogP contribution in [0.15, 0.2) is 77.9 Å². The first-order chi connectivity index (χ1) is 11.8. The average Bonchev–Trinajstić information content (AvgIpc) is 2.63. The summed E-state index contributed by atoms with van der Waals surface area (Å²) in [4.78, 5) is 4.50. The van der Waals surface area contributed by atoms with Gasteiger partial charge in [0, 0.05) is 10.9 Å². The Morgan fingerprint density at radius 1 is 0.833 bits per heavy atom. The Labute approximate surface area is 139 Å². The van der Waals surface area contributed by atoms with Crippen LogP contribution in [0.1, 0.15) is 5.56 Å². The molecule has 4 heteroatoms. The third-order valence-corrected chi connectivity index (χ3v) is 3.92. The molecular formula is C20H15N3O. The molecule has 0 saturated heterocycles. The lowest BCUT2D eigenvalue weighted by molar-refractivity contribution is 0.475. The zero-order chi connectivity index (χ0) is 16.4. The van der Waals surface area contributed by atoms with Gasteiger partial charge in [-0.15, -0.1) is 0 Å². The SMILES string of the molecule is Oc1ccc2ccccc2c1/C=N\Nc1ccc2ccccc2n1. The number of phenolic OH excluding ortho intramolecular Hbond substituents is 1. The number of nitrogens with one attached hydrogen (secondary N) is 1. The lowest BCUT2D eigenvalue weighted by Crippen LogP contribution is -1.94. The van der Waals surface area contributed by atoms with E-state index in [9.17, 15) is 5.11 Å². The molecule has 1 heterocycles. The molecule has 0 spiro atoms. The van der Waals surface area contributed by atoms with E-state index >= 15 is 0 Å². The van der Waals surface area contributed by atoms with Crippen LogP contribution in [0.4, 0.5) is 5.82 Å². The van der Waals surface area contributed by atoms with Crippen molar-refractivity contribution >= 4 is 33.7 Å². The third-order valence-electron chi connectivity index (χ3n) is 3.92. The van der Waals surface area contributed by atoms with E-state index in [2.05, 4.69) is 15.5 Å². The van der Waals surface area contributed by atoms with Crippen molar-refractivity contribution in [2.75, 3.05) is 5.43 Å². The number of anilines is 1. The van der Waals surface area contributed by atoms with E-state index in [1.807, 2.05) is 66.7 Å². The van der Waals surface area contributed by atoms with E-state index < -0.39 is 0 Å². The van der Waals surface area contributed by atoms with Crippen LogP contribution in [-0.2, 0) is 0 Å². The molecule has 0 amide bonds. The van der Waals surface area contributed by atoms with Crippen molar-refractivity contribution in [3.8, 4) is 5.75 Å². The molecule has 0 aliphatic rings. The predicted molar refractivity (Wildman–Crippen MR) is 98.6 cm³/mol. The maximum Gasteiger partial charge on any atom is 0.146 e. The number of phenols is 1. The van der Waals surface area contributed by atoms with Crippen molar-refractivity contribution in [3.63, 3.8) is 0 Å². The molecule has 0 unspecified atom stereocenters. The summed E-state index contributed by atoms with van der Waals surface area (Å²) in [7, 11) is 0. The van der Waals surface area contributed by atoms with Crippen LogP contribution in [0, 0.1) is 0 Å². The van der Waals surface area contributed by atoms with Crippen LogP contribution in [0.5, 0.6) is 5.75 Å². The number of aromatic nitrogens is 1. The van der Waals surface area contributed by atoms with Crippen LogP contribution < -0.4 is 5.43 Å². The van der Waals surface area contributed by atoms with Crippen molar-refractivity contribution in [2.24, 2.45) is 5.10 Å². The Bertz CT molecular complexity index is 1060. The second-order valence-corrected chi connectivity index (χ2v) is 5.48. The van der Waals surface area contributed by atoms with Crippen molar-refractivity contribution < 1.29 is 5.11 Å². The van der Waals surface area contributed by atoms with Gasteiger partial charge in [-0.1, -0.05) is 48.5 Å². The van der Waals surface area contributed by atoms with E-state index in [0.29, 0.717) is 11.4 Å². The van der Waals surface area contributed by atoms with Gasteiger partial charge in [-0.2, -0.15) is 5.10 Å². The maximum absolute atomic E-state index is 10.1. The highest BCUT2D eigenvalue weighted by molar-refractivity contribution is 6.02. The van der Waals surface area contributed by atoms with E-state index in [1.54, 1.807) is 12.3 Å². The van der Waals surface area contributed by atoms with Gasteiger partial charge >= 0.3 is 0 Å². The molecular weight excluding hydrogens is 298 g/mol. The van der Waals surface area contributed by atoms with E-state index in [1.165, 1.54) is 0 Å². The van der Waals surface area contributed by atoms with Gasteiger partial charge in [-0.05, 0) is 35.0 Å². The van der Waals surface area contributed by atoms with Crippen molar-refractivity contribution in [3.05, 3.63) is 78.4 Å². The molecule has 4 nitrogen and oxygen atoms in total. The van der Waals surface area contributed by atoms with Crippen LogP contribution in [0.3, 0.4) is 0 Å². The second kappa shape index (κ2) is 6.01. The minimum absolute atomic E-state index is 0.200. The predicted octanol–water partition coefficient (Wildman–Crippen LogP) is 4.54. The molecule has 0 atom stereocenters. The van der Waals surface area contributed by atoms with E-state index in [4.69, 9.17) is 0 Å². The number of pyridine rings is 1. The Balaban J connectivity index is 1.64. The smallest absolute Gasteiger partial charge is 0.146 e. The fourth-order valence-electron chi connectivity index (χ4n) is 2.71. The Morgan fingerprint density at radius 2 is 1.58 bits per heavy atom. The molecule has 0 saturated carbocycles. The first kappa shape index (κ1) is 14.2. The molecule has 116 valence electrons. The average molecular weight is 313 g/mol. The third kappa shape index (κ3) is 2.65. The topological polar surface area (TPSA) is 57.5 Å². The lowest BCUT2D eigenvalue weighted by Gasteiger charge is -2.05. The molecule has 3 aromatic carbocycles. The molecule has 4 aromatic rings. The monoisotopic (exact) mass is 313 g/mol. The number of fused-ring (bicyclic) bond motifs is 2. The highest BCUT2D eigenvalue weighted by Gasteiger charge is 2.04. The number of hydrogen-bond acceptors (Lipinski definition) is 4. The summed E-state index contributed by atoms with van der Waals surface area (Å²) in [6, 6.07) is 23.2. The van der Waals surface area contributed by atoms with E-state index in [0.717, 1.165) is 21.7 Å². The number of rotatable bonds is 3. The molecule has 24 heavy (non-hydrogen) atoms. The highest BCUT2D eigenvalue weighted by Crippen LogP contribution is 2.25. The van der Waals surface area contributed by atoms with Gasteiger partial charge in [0.25, 0.3) is 0 Å². The summed E-state index contributed by atoms with van der Waals surface area (Å²) < 4.78 is 0. The molecule has 0 aliphatic carbocycles. The van der Waals surface area contributed by atoms with Gasteiger partial charge in [-0.25, -0.2) is 4.98 Å². The van der Waals surface area contributed by atoms with Gasteiger partial charge < -0.3 is 5.11 Å². The van der Waals surface area contributed by atoms with Gasteiger partial charge in [0.05, 0.1) is 11.7 Å². The van der Waals surface area contributed by atoms with Crippen LogP contribution in [0.2, 0.25) is 0 Å². The molecule has 2 N–H and O–H groups in total. The van der Waals surface area contributed by atoms with Gasteiger partial charge in [0.2, 0.25) is 0 Å². The van der Waals surface area contributed by atoms with Crippen LogP contribution in [-0.4, -0.2) is 16.3 Å². The fraction of sp³-hybridized carbons (Fsp3) is 0. The normalized spacial score (nSPS) is 11.3. The van der Waals surface area contributed by atoms with Gasteiger partial charge in [0.1, 0.15) is 11.6 Å². The molecule has 1 aromatic heterocycles. The summed E-state index contributed by atoms with van der Waals surface area (Å²) >= 11 is 0. The lowest BCUT2D eigenvalue weighted by atomic mass is 10.0. The van der Waals surface area contributed by atoms with Crippen molar-refractivity contribution in [1.82, 2.24) is 4.98 Å². The maximum atomic E-state index is 10.1. The summed E-state index contributed by atoms with van der Waals surface area (Å²) in [5.74, 6) is 0.857.